The third kappa shape index (κ3) is 5.99. The maximum Gasteiger partial charge on any atom is 0.409 e. The van der Waals surface area contributed by atoms with Crippen molar-refractivity contribution in [2.45, 2.75) is 51.1 Å². The average Bonchev–Trinajstić information content (AvgIpc) is 3.43. The van der Waals surface area contributed by atoms with E-state index in [9.17, 15) is 9.59 Å². The van der Waals surface area contributed by atoms with E-state index in [1.54, 1.807) is 0 Å². The highest BCUT2D eigenvalue weighted by molar-refractivity contribution is 7.12. The van der Waals surface area contributed by atoms with Crippen LogP contribution in [0.5, 0.6) is 0 Å². The number of nitrogens with zero attached hydrogens (tertiary/aromatic N) is 3. The zero-order valence-electron chi connectivity index (χ0n) is 20.4. The molecule has 4 rings (SSSR count). The van der Waals surface area contributed by atoms with Crippen molar-refractivity contribution in [1.82, 2.24) is 14.7 Å². The van der Waals surface area contributed by atoms with Gasteiger partial charge >= 0.3 is 6.09 Å². The quantitative estimate of drug-likeness (QED) is 0.570. The van der Waals surface area contributed by atoms with Gasteiger partial charge in [0.25, 0.3) is 5.91 Å². The average molecular weight is 484 g/mol. The minimum Gasteiger partial charge on any atom is -0.450 e. The summed E-state index contributed by atoms with van der Waals surface area (Å²) < 4.78 is 5.16. The summed E-state index contributed by atoms with van der Waals surface area (Å²) in [6.07, 6.45) is 4.91. The first kappa shape index (κ1) is 24.7. The Bertz CT molecular complexity index is 904. The first-order valence-electron chi connectivity index (χ1n) is 12.6. The summed E-state index contributed by atoms with van der Waals surface area (Å²) in [4.78, 5) is 32.5. The van der Waals surface area contributed by atoms with Gasteiger partial charge in [0.15, 0.2) is 0 Å². The van der Waals surface area contributed by atoms with Crippen molar-refractivity contribution in [3.63, 3.8) is 0 Å². The van der Waals surface area contributed by atoms with Gasteiger partial charge in [0, 0.05) is 32.2 Å². The molecule has 0 bridgehead atoms. The number of likely N-dealkylation sites (N-methyl/N-ethyl adjacent to an activating group) is 1. The van der Waals surface area contributed by atoms with Gasteiger partial charge in [-0.2, -0.15) is 0 Å². The van der Waals surface area contributed by atoms with Crippen LogP contribution in [0.3, 0.4) is 0 Å². The lowest BCUT2D eigenvalue weighted by Gasteiger charge is -2.44. The van der Waals surface area contributed by atoms with Crippen molar-refractivity contribution in [2.24, 2.45) is 5.92 Å². The van der Waals surface area contributed by atoms with Gasteiger partial charge in [0.05, 0.1) is 11.5 Å². The molecule has 0 spiro atoms. The number of rotatable bonds is 7. The number of carbonyl (C=O) groups excluding carboxylic acids is 2. The molecular weight excluding hydrogens is 446 g/mol. The molecule has 2 amide bonds. The van der Waals surface area contributed by atoms with Gasteiger partial charge in [-0.1, -0.05) is 36.4 Å². The molecule has 34 heavy (non-hydrogen) atoms. The van der Waals surface area contributed by atoms with Crippen LogP contribution in [-0.4, -0.2) is 78.6 Å². The molecule has 2 fully saturated rings. The number of likely N-dealkylation sites (tertiary alicyclic amines) is 2. The first-order valence-corrected chi connectivity index (χ1v) is 13.4. The Balaban J connectivity index is 1.37. The second-order valence-corrected chi connectivity index (χ2v) is 10.4. The number of piperidine rings is 2. The Morgan fingerprint density at radius 1 is 1.03 bits per heavy atom. The Labute approximate surface area is 207 Å². The predicted octanol–water partition coefficient (Wildman–Crippen LogP) is 4.76. The number of carbonyl (C=O) groups is 2. The van der Waals surface area contributed by atoms with E-state index in [1.807, 2.05) is 47.4 Å². The normalized spacial score (nSPS) is 19.1. The summed E-state index contributed by atoms with van der Waals surface area (Å²) in [5, 5.41) is 1.97. The molecule has 2 aliphatic heterocycles. The maximum absolute atomic E-state index is 13.2. The van der Waals surface area contributed by atoms with E-state index in [-0.39, 0.29) is 18.0 Å². The van der Waals surface area contributed by atoms with E-state index >= 15 is 0 Å². The Kier molecular flexibility index (Phi) is 8.62. The molecule has 6 nitrogen and oxygen atoms in total. The molecular formula is C27H37N3O3S. The summed E-state index contributed by atoms with van der Waals surface area (Å²) in [7, 11) is 1.98. The minimum absolute atomic E-state index is 0.129. The van der Waals surface area contributed by atoms with E-state index in [2.05, 4.69) is 29.2 Å². The summed E-state index contributed by atoms with van der Waals surface area (Å²) in [5.41, 5.74) is 1.28. The van der Waals surface area contributed by atoms with E-state index in [1.165, 1.54) is 16.9 Å². The molecule has 184 valence electrons. The van der Waals surface area contributed by atoms with Crippen LogP contribution in [0.1, 0.15) is 47.8 Å². The van der Waals surface area contributed by atoms with Crippen LogP contribution in [0.25, 0.3) is 0 Å². The molecule has 0 aliphatic carbocycles. The van der Waals surface area contributed by atoms with E-state index in [4.69, 9.17) is 4.74 Å². The lowest BCUT2D eigenvalue weighted by molar-refractivity contribution is 0.0411. The molecule has 0 radical (unpaired) electrons. The highest BCUT2D eigenvalue weighted by Crippen LogP contribution is 2.30. The molecule has 1 aromatic heterocycles. The molecule has 2 aromatic rings. The van der Waals surface area contributed by atoms with Gasteiger partial charge in [-0.05, 0) is 75.0 Å². The lowest BCUT2D eigenvalue weighted by Crippen LogP contribution is -2.52. The molecule has 1 atom stereocenters. The predicted molar refractivity (Wildman–Crippen MR) is 136 cm³/mol. The van der Waals surface area contributed by atoms with Crippen molar-refractivity contribution < 1.29 is 14.3 Å². The van der Waals surface area contributed by atoms with Gasteiger partial charge in [0.1, 0.15) is 0 Å². The number of hydrogen-bond acceptors (Lipinski definition) is 5. The fourth-order valence-corrected chi connectivity index (χ4v) is 6.20. The lowest BCUT2D eigenvalue weighted by atomic mass is 9.84. The monoisotopic (exact) mass is 483 g/mol. The summed E-state index contributed by atoms with van der Waals surface area (Å²) in [5.74, 6) is 0.606. The number of ether oxygens (including phenoxy) is 1. The van der Waals surface area contributed by atoms with Gasteiger partial charge in [-0.25, -0.2) is 4.79 Å². The van der Waals surface area contributed by atoms with Crippen LogP contribution in [-0.2, 0) is 11.2 Å². The van der Waals surface area contributed by atoms with Crippen LogP contribution in [0.15, 0.2) is 47.8 Å². The molecule has 3 heterocycles. The van der Waals surface area contributed by atoms with Crippen LogP contribution in [0.4, 0.5) is 4.79 Å². The van der Waals surface area contributed by atoms with Crippen molar-refractivity contribution in [3.05, 3.63) is 58.3 Å². The van der Waals surface area contributed by atoms with E-state index in [0.29, 0.717) is 18.6 Å². The number of amides is 2. The van der Waals surface area contributed by atoms with Crippen molar-refractivity contribution >= 4 is 23.3 Å². The smallest absolute Gasteiger partial charge is 0.409 e. The molecule has 1 aromatic carbocycles. The highest BCUT2D eigenvalue weighted by Gasteiger charge is 2.35. The largest absolute Gasteiger partial charge is 0.450 e. The van der Waals surface area contributed by atoms with Crippen LogP contribution in [0.2, 0.25) is 0 Å². The number of thiophene rings is 1. The summed E-state index contributed by atoms with van der Waals surface area (Å²) in [6.45, 7) is 5.95. The van der Waals surface area contributed by atoms with E-state index < -0.39 is 0 Å². The number of benzene rings is 1. The zero-order valence-corrected chi connectivity index (χ0v) is 21.2. The van der Waals surface area contributed by atoms with Crippen molar-refractivity contribution in [2.75, 3.05) is 39.8 Å². The summed E-state index contributed by atoms with van der Waals surface area (Å²) >= 11 is 1.52. The van der Waals surface area contributed by atoms with Gasteiger partial charge in [0.2, 0.25) is 0 Å². The fraction of sp³-hybridized carbons (Fsp3) is 0.556. The second kappa shape index (κ2) is 11.8. The Morgan fingerprint density at radius 3 is 2.35 bits per heavy atom. The third-order valence-corrected chi connectivity index (χ3v) is 8.32. The fourth-order valence-electron chi connectivity index (χ4n) is 5.50. The van der Waals surface area contributed by atoms with Crippen LogP contribution in [0, 0.1) is 5.92 Å². The molecule has 2 aliphatic rings. The van der Waals surface area contributed by atoms with Crippen molar-refractivity contribution in [3.8, 4) is 0 Å². The Morgan fingerprint density at radius 2 is 1.74 bits per heavy atom. The van der Waals surface area contributed by atoms with Gasteiger partial charge in [-0.15, -0.1) is 11.3 Å². The molecule has 7 heteroatoms. The first-order chi connectivity index (χ1) is 16.6. The molecule has 2 saturated heterocycles. The molecule has 0 N–H and O–H groups in total. The van der Waals surface area contributed by atoms with Gasteiger partial charge in [-0.3, -0.25) is 4.79 Å². The van der Waals surface area contributed by atoms with Gasteiger partial charge < -0.3 is 19.4 Å². The zero-order chi connectivity index (χ0) is 23.9. The SMILES string of the molecule is CCOC(=O)N1CCC(N2CCC([C@H](Cc3ccccc3)N(C)C(=O)c3cccs3)CC2)CC1. The minimum atomic E-state index is -0.179. The maximum atomic E-state index is 13.2. The topological polar surface area (TPSA) is 53.1 Å². The Hall–Kier alpha value is -2.38. The van der Waals surface area contributed by atoms with Crippen LogP contribution < -0.4 is 0 Å². The standard InChI is InChI=1S/C27H37N3O3S/c1-3-33-27(32)30-17-13-23(14-18-30)29-15-11-22(12-16-29)24(20-21-8-5-4-6-9-21)28(2)26(31)25-10-7-19-34-25/h4-10,19,22-24H,3,11-18,20H2,1-2H3/t24-/m0/s1. The number of hydrogen-bond donors (Lipinski definition) is 0. The van der Waals surface area contributed by atoms with E-state index in [0.717, 1.165) is 63.2 Å². The summed E-state index contributed by atoms with van der Waals surface area (Å²) in [6, 6.07) is 15.1. The third-order valence-electron chi connectivity index (χ3n) is 7.46. The molecule has 0 unspecified atom stereocenters. The van der Waals surface area contributed by atoms with Crippen LogP contribution >= 0.6 is 11.3 Å². The second-order valence-electron chi connectivity index (χ2n) is 9.44. The molecule has 0 saturated carbocycles. The van der Waals surface area contributed by atoms with Crippen molar-refractivity contribution in [1.29, 1.82) is 0 Å². The highest BCUT2D eigenvalue weighted by atomic mass is 32.1.